The molecule has 0 aliphatic heterocycles. The van der Waals surface area contributed by atoms with Gasteiger partial charge in [0.25, 0.3) is 0 Å². The van der Waals surface area contributed by atoms with Crippen LogP contribution in [0.4, 0.5) is 0 Å². The number of nitrogens with one attached hydrogen (secondary N) is 2. The van der Waals surface area contributed by atoms with Gasteiger partial charge in [0.05, 0.1) is 12.9 Å². The lowest BCUT2D eigenvalue weighted by atomic mass is 10.1. The lowest BCUT2D eigenvalue weighted by Crippen LogP contribution is -2.42. The summed E-state index contributed by atoms with van der Waals surface area (Å²) < 4.78 is 2.07. The fourth-order valence-electron chi connectivity index (χ4n) is 2.84. The van der Waals surface area contributed by atoms with E-state index in [0.29, 0.717) is 12.6 Å². The molecule has 0 saturated heterocycles. The Bertz CT molecular complexity index is 631. The van der Waals surface area contributed by atoms with Crippen molar-refractivity contribution in [1.29, 1.82) is 0 Å². The van der Waals surface area contributed by atoms with E-state index in [4.69, 9.17) is 4.99 Å². The van der Waals surface area contributed by atoms with Crippen molar-refractivity contribution in [1.82, 2.24) is 20.2 Å². The van der Waals surface area contributed by atoms with Crippen molar-refractivity contribution in [2.45, 2.75) is 65.6 Å². The molecule has 0 fully saturated rings. The maximum absolute atomic E-state index is 4.74. The van der Waals surface area contributed by atoms with Crippen molar-refractivity contribution >= 4 is 5.96 Å². The zero-order chi connectivity index (χ0) is 18.6. The molecule has 1 unspecified atom stereocenters. The summed E-state index contributed by atoms with van der Waals surface area (Å²) in [7, 11) is 0. The molecule has 26 heavy (non-hydrogen) atoms. The second kappa shape index (κ2) is 11.3. The van der Waals surface area contributed by atoms with Gasteiger partial charge in [0.1, 0.15) is 0 Å². The molecule has 2 aromatic rings. The lowest BCUT2D eigenvalue weighted by molar-refractivity contribution is 0.547. The normalized spacial score (nSPS) is 12.8. The second-order valence-corrected chi connectivity index (χ2v) is 6.79. The number of aromatic nitrogens is 2. The van der Waals surface area contributed by atoms with Crippen LogP contribution in [0.3, 0.4) is 0 Å². The van der Waals surface area contributed by atoms with Crippen LogP contribution in [0.5, 0.6) is 0 Å². The summed E-state index contributed by atoms with van der Waals surface area (Å²) in [6.07, 6.45) is 10.6. The van der Waals surface area contributed by atoms with Crippen LogP contribution in [0.1, 0.15) is 57.6 Å². The molecule has 5 nitrogen and oxygen atoms in total. The topological polar surface area (TPSA) is 54.2 Å². The fraction of sp³-hybridized carbons (Fsp3) is 0.524. The molecule has 0 radical (unpaired) electrons. The number of aliphatic imine (C=N–C) groups is 1. The number of hydrogen-bond acceptors (Lipinski definition) is 2. The van der Waals surface area contributed by atoms with Crippen molar-refractivity contribution in [3.63, 3.8) is 0 Å². The average Bonchev–Trinajstić information content (AvgIpc) is 3.14. The molecule has 1 aromatic heterocycles. The predicted octanol–water partition coefficient (Wildman–Crippen LogP) is 3.96. The van der Waals surface area contributed by atoms with Gasteiger partial charge < -0.3 is 15.2 Å². The zero-order valence-electron chi connectivity index (χ0n) is 16.4. The third-order valence-corrected chi connectivity index (χ3v) is 4.34. The first-order valence-electron chi connectivity index (χ1n) is 9.79. The van der Waals surface area contributed by atoms with E-state index in [0.717, 1.165) is 19.0 Å². The summed E-state index contributed by atoms with van der Waals surface area (Å²) in [5.41, 5.74) is 2.49. The standard InChI is InChI=1S/C21H33N5/c1-4-6-7-8-18(3)25-21(23-5-2)24-15-19-9-11-20(12-10-19)16-26-14-13-22-17-26/h9-14,17-18H,4-8,15-16H2,1-3H3,(H2,23,24,25). The third kappa shape index (κ3) is 7.30. The molecular formula is C21H33N5. The van der Waals surface area contributed by atoms with Crippen LogP contribution in [0, 0.1) is 0 Å². The SMILES string of the molecule is CCCCCC(C)NC(=NCc1ccc(Cn2ccnc2)cc1)NCC. The Morgan fingerprint density at radius 3 is 2.58 bits per heavy atom. The molecule has 0 saturated carbocycles. The minimum absolute atomic E-state index is 0.442. The van der Waals surface area contributed by atoms with Crippen molar-refractivity contribution in [3.05, 3.63) is 54.1 Å². The molecule has 0 spiro atoms. The van der Waals surface area contributed by atoms with Gasteiger partial charge in [-0.1, -0.05) is 50.5 Å². The Balaban J connectivity index is 1.87. The first-order chi connectivity index (χ1) is 12.7. The van der Waals surface area contributed by atoms with E-state index in [1.165, 1.54) is 36.8 Å². The summed E-state index contributed by atoms with van der Waals surface area (Å²) in [4.78, 5) is 8.82. The van der Waals surface area contributed by atoms with E-state index >= 15 is 0 Å². The van der Waals surface area contributed by atoms with Crippen LogP contribution < -0.4 is 10.6 Å². The molecule has 0 aliphatic carbocycles. The zero-order valence-corrected chi connectivity index (χ0v) is 16.4. The summed E-state index contributed by atoms with van der Waals surface area (Å²) in [5.74, 6) is 0.902. The highest BCUT2D eigenvalue weighted by Crippen LogP contribution is 2.08. The smallest absolute Gasteiger partial charge is 0.191 e. The van der Waals surface area contributed by atoms with Crippen LogP contribution in [0.15, 0.2) is 48.0 Å². The van der Waals surface area contributed by atoms with E-state index in [2.05, 4.69) is 65.2 Å². The average molecular weight is 356 g/mol. The highest BCUT2D eigenvalue weighted by Gasteiger charge is 2.05. The maximum Gasteiger partial charge on any atom is 0.191 e. The number of benzene rings is 1. The van der Waals surface area contributed by atoms with Crippen molar-refractivity contribution < 1.29 is 0 Å². The molecule has 2 N–H and O–H groups in total. The quantitative estimate of drug-likeness (QED) is 0.385. The van der Waals surface area contributed by atoms with Crippen molar-refractivity contribution in [2.24, 2.45) is 4.99 Å². The van der Waals surface area contributed by atoms with E-state index in [1.54, 1.807) is 0 Å². The van der Waals surface area contributed by atoms with Gasteiger partial charge in [-0.3, -0.25) is 0 Å². The Labute approximate surface area is 158 Å². The maximum atomic E-state index is 4.74. The van der Waals surface area contributed by atoms with Gasteiger partial charge in [-0.25, -0.2) is 9.98 Å². The largest absolute Gasteiger partial charge is 0.357 e. The Hall–Kier alpha value is -2.30. The number of hydrogen-bond donors (Lipinski definition) is 2. The number of imidazole rings is 1. The van der Waals surface area contributed by atoms with Gasteiger partial charge in [0.2, 0.25) is 0 Å². The number of rotatable bonds is 10. The molecule has 5 heteroatoms. The first kappa shape index (κ1) is 20.0. The minimum atomic E-state index is 0.442. The third-order valence-electron chi connectivity index (χ3n) is 4.34. The second-order valence-electron chi connectivity index (χ2n) is 6.79. The summed E-state index contributed by atoms with van der Waals surface area (Å²) in [6.45, 7) is 8.98. The minimum Gasteiger partial charge on any atom is -0.357 e. The molecule has 1 heterocycles. The Kier molecular flexibility index (Phi) is 8.73. The van der Waals surface area contributed by atoms with Gasteiger partial charge in [0.15, 0.2) is 5.96 Å². The summed E-state index contributed by atoms with van der Waals surface area (Å²) in [5, 5.41) is 6.86. The molecule has 1 aromatic carbocycles. The number of nitrogens with zero attached hydrogens (tertiary/aromatic N) is 3. The van der Waals surface area contributed by atoms with E-state index in [-0.39, 0.29) is 0 Å². The monoisotopic (exact) mass is 355 g/mol. The summed E-state index contributed by atoms with van der Waals surface area (Å²) in [6, 6.07) is 9.09. The number of unbranched alkanes of at least 4 members (excludes halogenated alkanes) is 2. The Morgan fingerprint density at radius 1 is 1.15 bits per heavy atom. The fourth-order valence-corrected chi connectivity index (χ4v) is 2.84. The molecule has 1 atom stereocenters. The van der Waals surface area contributed by atoms with Crippen LogP contribution >= 0.6 is 0 Å². The van der Waals surface area contributed by atoms with Crippen LogP contribution in [-0.2, 0) is 13.1 Å². The first-order valence-corrected chi connectivity index (χ1v) is 9.79. The van der Waals surface area contributed by atoms with Crippen LogP contribution in [-0.4, -0.2) is 28.1 Å². The molecule has 0 amide bonds. The molecule has 142 valence electrons. The molecule has 0 aliphatic rings. The highest BCUT2D eigenvalue weighted by atomic mass is 15.2. The van der Waals surface area contributed by atoms with E-state index in [1.807, 2.05) is 18.7 Å². The van der Waals surface area contributed by atoms with Gasteiger partial charge in [0, 0.05) is 31.5 Å². The van der Waals surface area contributed by atoms with E-state index in [9.17, 15) is 0 Å². The van der Waals surface area contributed by atoms with Crippen LogP contribution in [0.25, 0.3) is 0 Å². The van der Waals surface area contributed by atoms with Crippen molar-refractivity contribution in [2.75, 3.05) is 6.54 Å². The van der Waals surface area contributed by atoms with Gasteiger partial charge in [-0.15, -0.1) is 0 Å². The van der Waals surface area contributed by atoms with E-state index < -0.39 is 0 Å². The Morgan fingerprint density at radius 2 is 1.92 bits per heavy atom. The van der Waals surface area contributed by atoms with Gasteiger partial charge >= 0.3 is 0 Å². The molecule has 0 bridgehead atoms. The van der Waals surface area contributed by atoms with Crippen molar-refractivity contribution in [3.8, 4) is 0 Å². The highest BCUT2D eigenvalue weighted by molar-refractivity contribution is 5.80. The lowest BCUT2D eigenvalue weighted by Gasteiger charge is -2.17. The summed E-state index contributed by atoms with van der Waals surface area (Å²) >= 11 is 0. The van der Waals surface area contributed by atoms with Gasteiger partial charge in [-0.05, 0) is 31.4 Å². The molecule has 2 rings (SSSR count). The molecular weight excluding hydrogens is 322 g/mol. The van der Waals surface area contributed by atoms with Crippen LogP contribution in [0.2, 0.25) is 0 Å². The number of guanidine groups is 1. The predicted molar refractivity (Wildman–Crippen MR) is 109 cm³/mol. The van der Waals surface area contributed by atoms with Gasteiger partial charge in [-0.2, -0.15) is 0 Å².